The Hall–Kier alpha value is -1.24. The first-order chi connectivity index (χ1) is 7.10. The molecule has 82 valence electrons. The van der Waals surface area contributed by atoms with Crippen molar-refractivity contribution in [2.45, 2.75) is 33.1 Å². The van der Waals surface area contributed by atoms with Crippen molar-refractivity contribution in [3.05, 3.63) is 41.5 Å². The smallest absolute Gasteiger partial charge is 0.125 e. The van der Waals surface area contributed by atoms with Gasteiger partial charge in [0.05, 0.1) is 7.11 Å². The van der Waals surface area contributed by atoms with Crippen LogP contribution in [0.2, 0.25) is 0 Å². The lowest BCUT2D eigenvalue weighted by molar-refractivity contribution is 0.403. The Labute approximate surface area is 92.8 Å². The number of allylic oxidation sites excluding steroid dienone is 1. The van der Waals surface area contributed by atoms with Gasteiger partial charge in [-0.1, -0.05) is 30.7 Å². The molecule has 1 heteroatoms. The number of hydrogen-bond acceptors (Lipinski definition) is 1. The summed E-state index contributed by atoms with van der Waals surface area (Å²) in [6.45, 7) is 10.2. The summed E-state index contributed by atoms with van der Waals surface area (Å²) in [6.07, 6.45) is 2.95. The fraction of sp³-hybridized carbons (Fsp3) is 0.429. The lowest BCUT2D eigenvalue weighted by atomic mass is 9.93. The van der Waals surface area contributed by atoms with E-state index in [0.29, 0.717) is 5.92 Å². The minimum atomic E-state index is 0.469. The topological polar surface area (TPSA) is 9.23 Å². The molecule has 0 saturated carbocycles. The van der Waals surface area contributed by atoms with Crippen LogP contribution < -0.4 is 4.74 Å². The first-order valence-corrected chi connectivity index (χ1v) is 5.36. The van der Waals surface area contributed by atoms with Crippen molar-refractivity contribution in [1.82, 2.24) is 0 Å². The van der Waals surface area contributed by atoms with Crippen LogP contribution in [-0.4, -0.2) is 7.11 Å². The van der Waals surface area contributed by atoms with E-state index in [-0.39, 0.29) is 0 Å². The molecule has 0 aliphatic carbocycles. The molecule has 0 N–H and O–H groups in total. The van der Waals surface area contributed by atoms with Crippen LogP contribution in [0.3, 0.4) is 0 Å². The zero-order chi connectivity index (χ0) is 11.4. The Bertz CT molecular complexity index is 353. The van der Waals surface area contributed by atoms with Gasteiger partial charge in [-0.25, -0.2) is 0 Å². The first kappa shape index (κ1) is 11.8. The third-order valence-corrected chi connectivity index (χ3v) is 2.70. The first-order valence-electron chi connectivity index (χ1n) is 5.36. The molecule has 0 heterocycles. The van der Waals surface area contributed by atoms with E-state index in [4.69, 9.17) is 4.74 Å². The molecule has 1 rings (SSSR count). The molecular weight excluding hydrogens is 184 g/mol. The van der Waals surface area contributed by atoms with E-state index in [0.717, 1.165) is 12.2 Å². The highest BCUT2D eigenvalue weighted by Crippen LogP contribution is 2.32. The Morgan fingerprint density at radius 1 is 1.40 bits per heavy atom. The molecule has 0 amide bonds. The van der Waals surface area contributed by atoms with E-state index in [1.807, 2.05) is 6.08 Å². The van der Waals surface area contributed by atoms with Gasteiger partial charge in [0.1, 0.15) is 5.75 Å². The van der Waals surface area contributed by atoms with Crippen LogP contribution in [0.25, 0.3) is 0 Å². The normalized spacial score (nSPS) is 12.3. The number of benzene rings is 1. The number of ether oxygens (including phenoxy) is 1. The molecule has 0 bridgehead atoms. The lowest BCUT2D eigenvalue weighted by Crippen LogP contribution is -1.99. The Kier molecular flexibility index (Phi) is 3.96. The van der Waals surface area contributed by atoms with Gasteiger partial charge < -0.3 is 4.74 Å². The average Bonchev–Trinajstić information content (AvgIpc) is 2.17. The van der Waals surface area contributed by atoms with Crippen molar-refractivity contribution < 1.29 is 4.74 Å². The summed E-state index contributed by atoms with van der Waals surface area (Å²) in [6, 6.07) is 4.36. The quantitative estimate of drug-likeness (QED) is 0.674. The maximum absolute atomic E-state index is 5.46. The molecule has 1 atom stereocenters. The minimum absolute atomic E-state index is 0.469. The fourth-order valence-electron chi connectivity index (χ4n) is 2.01. The molecule has 0 spiro atoms. The molecular formula is C14H20O. The Morgan fingerprint density at radius 2 is 2.07 bits per heavy atom. The standard InChI is InChI=1S/C14H20O/c1-6-7-11(3)13-9-10(2)8-12(4)14(13)15-5/h6,8-9,11H,1,7H2,2-5H3. The van der Waals surface area contributed by atoms with Crippen LogP contribution in [-0.2, 0) is 0 Å². The van der Waals surface area contributed by atoms with Crippen molar-refractivity contribution in [2.24, 2.45) is 0 Å². The molecule has 0 aliphatic heterocycles. The second-order valence-electron chi connectivity index (χ2n) is 4.13. The molecule has 0 aliphatic rings. The molecule has 15 heavy (non-hydrogen) atoms. The van der Waals surface area contributed by atoms with Crippen molar-refractivity contribution >= 4 is 0 Å². The zero-order valence-corrected chi connectivity index (χ0v) is 10.1. The van der Waals surface area contributed by atoms with Crippen molar-refractivity contribution in [2.75, 3.05) is 7.11 Å². The second kappa shape index (κ2) is 5.01. The third-order valence-electron chi connectivity index (χ3n) is 2.70. The zero-order valence-electron chi connectivity index (χ0n) is 10.1. The highest BCUT2D eigenvalue weighted by Gasteiger charge is 2.12. The summed E-state index contributed by atoms with van der Waals surface area (Å²) in [7, 11) is 1.74. The Morgan fingerprint density at radius 3 is 2.60 bits per heavy atom. The van der Waals surface area contributed by atoms with Crippen LogP contribution in [0.4, 0.5) is 0 Å². The largest absolute Gasteiger partial charge is 0.496 e. The lowest BCUT2D eigenvalue weighted by Gasteiger charge is -2.17. The maximum Gasteiger partial charge on any atom is 0.125 e. The molecule has 1 aromatic rings. The minimum Gasteiger partial charge on any atom is -0.496 e. The number of rotatable bonds is 4. The highest BCUT2D eigenvalue weighted by molar-refractivity contribution is 5.45. The van der Waals surface area contributed by atoms with Gasteiger partial charge in [0.25, 0.3) is 0 Å². The van der Waals surface area contributed by atoms with Crippen LogP contribution >= 0.6 is 0 Å². The van der Waals surface area contributed by atoms with Gasteiger partial charge in [-0.15, -0.1) is 6.58 Å². The summed E-state index contributed by atoms with van der Waals surface area (Å²) in [5.41, 5.74) is 3.79. The van der Waals surface area contributed by atoms with Gasteiger partial charge in [0, 0.05) is 0 Å². The van der Waals surface area contributed by atoms with Gasteiger partial charge in [-0.2, -0.15) is 0 Å². The molecule has 1 nitrogen and oxygen atoms in total. The summed E-state index contributed by atoms with van der Waals surface area (Å²) in [4.78, 5) is 0. The molecule has 0 fully saturated rings. The molecule has 0 saturated heterocycles. The van der Waals surface area contributed by atoms with Crippen LogP contribution in [0.5, 0.6) is 5.75 Å². The number of hydrogen-bond donors (Lipinski definition) is 0. The highest BCUT2D eigenvalue weighted by atomic mass is 16.5. The summed E-state index contributed by atoms with van der Waals surface area (Å²) >= 11 is 0. The van der Waals surface area contributed by atoms with Gasteiger partial charge in [-0.3, -0.25) is 0 Å². The molecule has 1 unspecified atom stereocenters. The average molecular weight is 204 g/mol. The van der Waals surface area contributed by atoms with Gasteiger partial charge in [-0.05, 0) is 37.3 Å². The monoisotopic (exact) mass is 204 g/mol. The van der Waals surface area contributed by atoms with E-state index < -0.39 is 0 Å². The number of aryl methyl sites for hydroxylation is 2. The van der Waals surface area contributed by atoms with Crippen molar-refractivity contribution in [3.63, 3.8) is 0 Å². The Balaban J connectivity index is 3.19. The van der Waals surface area contributed by atoms with E-state index >= 15 is 0 Å². The second-order valence-corrected chi connectivity index (χ2v) is 4.13. The molecule has 1 aromatic carbocycles. The van der Waals surface area contributed by atoms with Crippen LogP contribution in [0, 0.1) is 13.8 Å². The molecule has 0 aromatic heterocycles. The maximum atomic E-state index is 5.46. The number of methoxy groups -OCH3 is 1. The van der Waals surface area contributed by atoms with E-state index in [9.17, 15) is 0 Å². The SMILES string of the molecule is C=CCC(C)c1cc(C)cc(C)c1OC. The van der Waals surface area contributed by atoms with Crippen molar-refractivity contribution in [1.29, 1.82) is 0 Å². The summed E-state index contributed by atoms with van der Waals surface area (Å²) < 4.78 is 5.46. The summed E-state index contributed by atoms with van der Waals surface area (Å²) in [5, 5.41) is 0. The van der Waals surface area contributed by atoms with Gasteiger partial charge in [0.2, 0.25) is 0 Å². The molecule has 0 radical (unpaired) electrons. The van der Waals surface area contributed by atoms with E-state index in [2.05, 4.69) is 39.5 Å². The predicted octanol–water partition coefficient (Wildman–Crippen LogP) is 3.99. The predicted molar refractivity (Wildman–Crippen MR) is 65.7 cm³/mol. The summed E-state index contributed by atoms with van der Waals surface area (Å²) in [5.74, 6) is 1.49. The van der Waals surface area contributed by atoms with Gasteiger partial charge in [0.15, 0.2) is 0 Å². The van der Waals surface area contributed by atoms with Crippen LogP contribution in [0.1, 0.15) is 36.0 Å². The van der Waals surface area contributed by atoms with E-state index in [1.165, 1.54) is 16.7 Å². The third kappa shape index (κ3) is 2.62. The van der Waals surface area contributed by atoms with E-state index in [1.54, 1.807) is 7.11 Å². The fourth-order valence-corrected chi connectivity index (χ4v) is 2.01. The van der Waals surface area contributed by atoms with Crippen LogP contribution in [0.15, 0.2) is 24.8 Å². The van der Waals surface area contributed by atoms with Gasteiger partial charge >= 0.3 is 0 Å². The van der Waals surface area contributed by atoms with Crippen molar-refractivity contribution in [3.8, 4) is 5.75 Å².